The standard InChI is InChI=1S/C21H20ClN3O4/c1-13-4-2-3-5-19(13)24-21(26)14(12-23)10-16-7-9-20(29-16)17-11-15(25(27)28)6-8-18(17)22/h6-11,13,19H,2-5H2,1H3,(H,24,26)/b14-10+/t13-,19-/m0/s1. The lowest BCUT2D eigenvalue weighted by Gasteiger charge is -2.29. The van der Waals surface area contributed by atoms with Gasteiger partial charge in [-0.05, 0) is 37.0 Å². The van der Waals surface area contributed by atoms with E-state index in [1.807, 2.05) is 6.07 Å². The van der Waals surface area contributed by atoms with Gasteiger partial charge in [0.05, 0.1) is 9.95 Å². The van der Waals surface area contributed by atoms with E-state index in [1.54, 1.807) is 12.1 Å². The van der Waals surface area contributed by atoms with E-state index in [0.29, 0.717) is 22.3 Å². The van der Waals surface area contributed by atoms with Crippen LogP contribution in [-0.2, 0) is 4.79 Å². The first-order valence-electron chi connectivity index (χ1n) is 9.36. The van der Waals surface area contributed by atoms with E-state index in [-0.39, 0.29) is 23.1 Å². The smallest absolute Gasteiger partial charge is 0.270 e. The Labute approximate surface area is 173 Å². The van der Waals surface area contributed by atoms with Gasteiger partial charge in [-0.2, -0.15) is 5.26 Å². The molecule has 2 aromatic rings. The highest BCUT2D eigenvalue weighted by molar-refractivity contribution is 6.33. The number of amides is 1. The molecule has 1 aromatic heterocycles. The molecular formula is C21H20ClN3O4. The Morgan fingerprint density at radius 1 is 1.34 bits per heavy atom. The van der Waals surface area contributed by atoms with Crippen LogP contribution in [-0.4, -0.2) is 16.9 Å². The monoisotopic (exact) mass is 413 g/mol. The summed E-state index contributed by atoms with van der Waals surface area (Å²) in [6, 6.07) is 9.19. The van der Waals surface area contributed by atoms with Crippen LogP contribution in [0.15, 0.2) is 40.3 Å². The molecular weight excluding hydrogens is 394 g/mol. The predicted octanol–water partition coefficient (Wildman–Crippen LogP) is 5.11. The molecule has 1 aliphatic rings. The quantitative estimate of drug-likeness (QED) is 0.317. The third kappa shape index (κ3) is 4.84. The molecule has 29 heavy (non-hydrogen) atoms. The number of carbonyl (C=O) groups is 1. The normalized spacial score (nSPS) is 19.4. The molecule has 0 spiro atoms. The van der Waals surface area contributed by atoms with Crippen molar-refractivity contribution in [3.05, 3.63) is 56.8 Å². The summed E-state index contributed by atoms with van der Waals surface area (Å²) in [4.78, 5) is 23.0. The molecule has 1 amide bonds. The summed E-state index contributed by atoms with van der Waals surface area (Å²) in [5.41, 5.74) is 0.185. The number of rotatable bonds is 5. The average molecular weight is 414 g/mol. The van der Waals surface area contributed by atoms with E-state index in [0.717, 1.165) is 25.7 Å². The van der Waals surface area contributed by atoms with Crippen molar-refractivity contribution in [1.82, 2.24) is 5.32 Å². The van der Waals surface area contributed by atoms with Crippen LogP contribution in [0, 0.1) is 27.4 Å². The number of nitro benzene ring substituents is 1. The zero-order valence-corrected chi connectivity index (χ0v) is 16.6. The Kier molecular flexibility index (Phi) is 6.35. The van der Waals surface area contributed by atoms with Crippen LogP contribution in [0.2, 0.25) is 5.02 Å². The Bertz CT molecular complexity index is 1010. The fourth-order valence-corrected chi connectivity index (χ4v) is 3.67. The summed E-state index contributed by atoms with van der Waals surface area (Å²) in [7, 11) is 0. The Morgan fingerprint density at radius 3 is 2.79 bits per heavy atom. The summed E-state index contributed by atoms with van der Waals surface area (Å²) >= 11 is 6.14. The van der Waals surface area contributed by atoms with E-state index in [9.17, 15) is 20.2 Å². The number of carbonyl (C=O) groups excluding carboxylic acids is 1. The van der Waals surface area contributed by atoms with Gasteiger partial charge < -0.3 is 9.73 Å². The zero-order valence-electron chi connectivity index (χ0n) is 15.9. The largest absolute Gasteiger partial charge is 0.457 e. The lowest BCUT2D eigenvalue weighted by Crippen LogP contribution is -2.41. The number of nitrogens with one attached hydrogen (secondary N) is 1. The van der Waals surface area contributed by atoms with E-state index >= 15 is 0 Å². The number of benzene rings is 1. The molecule has 0 unspecified atom stereocenters. The number of nitrogens with zero attached hydrogens (tertiary/aromatic N) is 2. The van der Waals surface area contributed by atoms with Crippen molar-refractivity contribution in [1.29, 1.82) is 5.26 Å². The van der Waals surface area contributed by atoms with Crippen molar-refractivity contribution in [3.63, 3.8) is 0 Å². The van der Waals surface area contributed by atoms with Crippen LogP contribution < -0.4 is 5.32 Å². The van der Waals surface area contributed by atoms with Crippen LogP contribution >= 0.6 is 11.6 Å². The van der Waals surface area contributed by atoms with Crippen LogP contribution in [0.25, 0.3) is 17.4 Å². The van der Waals surface area contributed by atoms with Crippen LogP contribution in [0.4, 0.5) is 5.69 Å². The van der Waals surface area contributed by atoms with E-state index in [1.165, 1.54) is 24.3 Å². The van der Waals surface area contributed by atoms with E-state index in [4.69, 9.17) is 16.0 Å². The molecule has 3 rings (SSSR count). The molecule has 0 aliphatic heterocycles. The van der Waals surface area contributed by atoms with Gasteiger partial charge in [-0.25, -0.2) is 0 Å². The highest BCUT2D eigenvalue weighted by Crippen LogP contribution is 2.33. The van der Waals surface area contributed by atoms with Gasteiger partial charge in [0.2, 0.25) is 0 Å². The molecule has 1 N–H and O–H groups in total. The number of hydrogen-bond acceptors (Lipinski definition) is 5. The molecule has 8 heteroatoms. The summed E-state index contributed by atoms with van der Waals surface area (Å²) in [6.45, 7) is 2.10. The third-order valence-electron chi connectivity index (χ3n) is 5.13. The topological polar surface area (TPSA) is 109 Å². The molecule has 0 radical (unpaired) electrons. The van der Waals surface area contributed by atoms with E-state index in [2.05, 4.69) is 12.2 Å². The fraction of sp³-hybridized carbons (Fsp3) is 0.333. The summed E-state index contributed by atoms with van der Waals surface area (Å²) in [5, 5.41) is 23.6. The van der Waals surface area contributed by atoms with Crippen molar-refractivity contribution in [2.45, 2.75) is 38.6 Å². The van der Waals surface area contributed by atoms with Crippen LogP contribution in [0.3, 0.4) is 0 Å². The highest BCUT2D eigenvalue weighted by Gasteiger charge is 2.24. The van der Waals surface area contributed by atoms with Crippen molar-refractivity contribution >= 4 is 29.3 Å². The van der Waals surface area contributed by atoms with Gasteiger partial charge in [0.25, 0.3) is 11.6 Å². The second-order valence-corrected chi connectivity index (χ2v) is 7.54. The third-order valence-corrected chi connectivity index (χ3v) is 5.46. The number of non-ortho nitro benzene ring substituents is 1. The Hall–Kier alpha value is -3.11. The van der Waals surface area contributed by atoms with Crippen LogP contribution in [0.5, 0.6) is 0 Å². The molecule has 1 aliphatic carbocycles. The number of furan rings is 1. The first kappa shape index (κ1) is 20.6. The Morgan fingerprint density at radius 2 is 2.10 bits per heavy atom. The maximum Gasteiger partial charge on any atom is 0.270 e. The molecule has 1 saturated carbocycles. The minimum absolute atomic E-state index is 0.0591. The molecule has 1 aromatic carbocycles. The highest BCUT2D eigenvalue weighted by atomic mass is 35.5. The molecule has 1 fully saturated rings. The number of halogens is 1. The van der Waals surface area contributed by atoms with Gasteiger partial charge in [-0.1, -0.05) is 31.4 Å². The van der Waals surface area contributed by atoms with Gasteiger partial charge in [0.1, 0.15) is 23.2 Å². The first-order valence-corrected chi connectivity index (χ1v) is 9.73. The van der Waals surface area contributed by atoms with E-state index < -0.39 is 10.8 Å². The lowest BCUT2D eigenvalue weighted by molar-refractivity contribution is -0.384. The Balaban J connectivity index is 1.81. The minimum atomic E-state index is -0.520. The van der Waals surface area contributed by atoms with Gasteiger partial charge in [0, 0.05) is 29.8 Å². The second kappa shape index (κ2) is 8.93. The maximum absolute atomic E-state index is 12.5. The fourth-order valence-electron chi connectivity index (χ4n) is 3.46. The average Bonchev–Trinajstić information content (AvgIpc) is 3.16. The summed E-state index contributed by atoms with van der Waals surface area (Å²) in [6.07, 6.45) is 5.54. The van der Waals surface area contributed by atoms with Crippen molar-refractivity contribution < 1.29 is 14.1 Å². The van der Waals surface area contributed by atoms with Gasteiger partial charge in [-0.15, -0.1) is 0 Å². The maximum atomic E-state index is 12.5. The van der Waals surface area contributed by atoms with Gasteiger partial charge in [-0.3, -0.25) is 14.9 Å². The molecule has 7 nitrogen and oxygen atoms in total. The van der Waals surface area contributed by atoms with Gasteiger partial charge >= 0.3 is 0 Å². The SMILES string of the molecule is C[C@H]1CCCC[C@@H]1NC(=O)/C(C#N)=C/c1ccc(-c2cc([N+](=O)[O-])ccc2Cl)o1. The summed E-state index contributed by atoms with van der Waals surface area (Å²) in [5.74, 6) is 0.533. The van der Waals surface area contributed by atoms with Crippen LogP contribution in [0.1, 0.15) is 38.4 Å². The second-order valence-electron chi connectivity index (χ2n) is 7.13. The molecule has 2 atom stereocenters. The predicted molar refractivity (Wildman–Crippen MR) is 109 cm³/mol. The molecule has 0 bridgehead atoms. The van der Waals surface area contributed by atoms with Crippen molar-refractivity contribution in [2.24, 2.45) is 5.92 Å². The minimum Gasteiger partial charge on any atom is -0.457 e. The summed E-state index contributed by atoms with van der Waals surface area (Å²) < 4.78 is 5.66. The molecule has 150 valence electrons. The van der Waals surface area contributed by atoms with Crippen molar-refractivity contribution in [3.8, 4) is 17.4 Å². The number of hydrogen-bond donors (Lipinski definition) is 1. The molecule has 0 saturated heterocycles. The zero-order chi connectivity index (χ0) is 21.0. The first-order chi connectivity index (χ1) is 13.9. The number of nitro groups is 1. The van der Waals surface area contributed by atoms with Gasteiger partial charge in [0.15, 0.2) is 0 Å². The lowest BCUT2D eigenvalue weighted by atomic mass is 9.86. The number of nitriles is 1. The van der Waals surface area contributed by atoms with Crippen molar-refractivity contribution in [2.75, 3.05) is 0 Å². The molecule has 1 heterocycles.